The van der Waals surface area contributed by atoms with Gasteiger partial charge in [-0.1, -0.05) is 67.7 Å². The molecule has 0 bridgehead atoms. The van der Waals surface area contributed by atoms with E-state index in [2.05, 4.69) is 41.5 Å². The van der Waals surface area contributed by atoms with E-state index in [9.17, 15) is 20.1 Å². The SMILES string of the molecule is CCC1C(C(C)(CCC(C)C)C(C)CC)C(O)CC2(C)C1CCC2(O)C(=O)CO. The van der Waals surface area contributed by atoms with Crippen LogP contribution in [-0.4, -0.2) is 39.4 Å². The zero-order chi connectivity index (χ0) is 22.2. The fourth-order valence-electron chi connectivity index (χ4n) is 7.24. The second-order valence-corrected chi connectivity index (χ2v) is 11.1. The first-order chi connectivity index (χ1) is 13.4. The normalized spacial score (nSPS) is 40.5. The summed E-state index contributed by atoms with van der Waals surface area (Å²) in [4.78, 5) is 12.5. The van der Waals surface area contributed by atoms with Crippen LogP contribution in [0, 0.1) is 40.4 Å². The summed E-state index contributed by atoms with van der Waals surface area (Å²) in [6.45, 7) is 15.0. The van der Waals surface area contributed by atoms with E-state index >= 15 is 0 Å². The van der Waals surface area contributed by atoms with Gasteiger partial charge in [-0.05, 0) is 60.7 Å². The number of ketones is 1. The van der Waals surface area contributed by atoms with E-state index in [1.165, 1.54) is 0 Å². The molecular weight excluding hydrogens is 364 g/mol. The lowest BCUT2D eigenvalue weighted by atomic mass is 9.48. The molecule has 0 aromatic heterocycles. The third kappa shape index (κ3) is 3.94. The second-order valence-electron chi connectivity index (χ2n) is 11.1. The van der Waals surface area contributed by atoms with Crippen LogP contribution in [0.5, 0.6) is 0 Å². The molecule has 29 heavy (non-hydrogen) atoms. The highest BCUT2D eigenvalue weighted by atomic mass is 16.3. The van der Waals surface area contributed by atoms with Crippen molar-refractivity contribution in [2.24, 2.45) is 40.4 Å². The molecule has 2 rings (SSSR count). The molecular formula is C25H46O4. The maximum atomic E-state index is 12.5. The first-order valence-electron chi connectivity index (χ1n) is 12.0. The molecule has 2 fully saturated rings. The Kier molecular flexibility index (Phi) is 7.67. The van der Waals surface area contributed by atoms with Gasteiger partial charge in [0.05, 0.1) is 6.10 Å². The molecule has 0 amide bonds. The van der Waals surface area contributed by atoms with Crippen molar-refractivity contribution in [3.63, 3.8) is 0 Å². The fourth-order valence-corrected chi connectivity index (χ4v) is 7.24. The van der Waals surface area contributed by atoms with Gasteiger partial charge in [-0.2, -0.15) is 0 Å². The van der Waals surface area contributed by atoms with Gasteiger partial charge in [0.15, 0.2) is 5.78 Å². The van der Waals surface area contributed by atoms with Crippen molar-refractivity contribution < 1.29 is 20.1 Å². The highest BCUT2D eigenvalue weighted by molar-refractivity contribution is 5.89. The van der Waals surface area contributed by atoms with Crippen LogP contribution < -0.4 is 0 Å². The highest BCUT2D eigenvalue weighted by Gasteiger charge is 2.66. The topological polar surface area (TPSA) is 77.8 Å². The molecule has 0 aromatic rings. The Hall–Kier alpha value is -0.450. The molecule has 0 aromatic carbocycles. The van der Waals surface area contributed by atoms with Gasteiger partial charge in [0.25, 0.3) is 0 Å². The predicted octanol–water partition coefficient (Wildman–Crippen LogP) is 4.59. The molecule has 0 heterocycles. The van der Waals surface area contributed by atoms with Crippen molar-refractivity contribution in [3.05, 3.63) is 0 Å². The van der Waals surface area contributed by atoms with Crippen LogP contribution in [0.15, 0.2) is 0 Å². The van der Waals surface area contributed by atoms with Crippen molar-refractivity contribution in [1.29, 1.82) is 0 Å². The number of rotatable bonds is 9. The first kappa shape index (κ1) is 24.8. The molecule has 2 aliphatic rings. The molecule has 170 valence electrons. The summed E-state index contributed by atoms with van der Waals surface area (Å²) < 4.78 is 0. The van der Waals surface area contributed by atoms with Gasteiger partial charge in [-0.3, -0.25) is 4.79 Å². The Morgan fingerprint density at radius 1 is 1.24 bits per heavy atom. The molecule has 4 heteroatoms. The maximum Gasteiger partial charge on any atom is 0.190 e. The summed E-state index contributed by atoms with van der Waals surface area (Å²) >= 11 is 0. The van der Waals surface area contributed by atoms with Crippen LogP contribution in [0.1, 0.15) is 93.4 Å². The zero-order valence-corrected chi connectivity index (χ0v) is 19.9. The molecule has 3 N–H and O–H groups in total. The van der Waals surface area contributed by atoms with E-state index < -0.39 is 29.5 Å². The van der Waals surface area contributed by atoms with Crippen LogP contribution >= 0.6 is 0 Å². The molecule has 0 radical (unpaired) electrons. The predicted molar refractivity (Wildman–Crippen MR) is 117 cm³/mol. The van der Waals surface area contributed by atoms with Crippen molar-refractivity contribution in [2.75, 3.05) is 6.61 Å². The molecule has 8 atom stereocenters. The number of Topliss-reactive ketones (excluding diaryl/α,β-unsaturated/α-hetero) is 1. The van der Waals surface area contributed by atoms with E-state index in [0.717, 1.165) is 32.1 Å². The zero-order valence-electron chi connectivity index (χ0n) is 19.9. The third-order valence-electron chi connectivity index (χ3n) is 9.44. The van der Waals surface area contributed by atoms with Gasteiger partial charge in [0, 0.05) is 5.41 Å². The Morgan fingerprint density at radius 2 is 1.86 bits per heavy atom. The highest BCUT2D eigenvalue weighted by Crippen LogP contribution is 2.65. The molecule has 2 saturated carbocycles. The molecule has 8 unspecified atom stereocenters. The van der Waals surface area contributed by atoms with Crippen LogP contribution in [0.2, 0.25) is 0 Å². The van der Waals surface area contributed by atoms with Gasteiger partial charge in [-0.25, -0.2) is 0 Å². The van der Waals surface area contributed by atoms with E-state index in [1.807, 2.05) is 6.92 Å². The summed E-state index contributed by atoms with van der Waals surface area (Å²) in [7, 11) is 0. The number of hydrogen-bond acceptors (Lipinski definition) is 4. The molecule has 0 saturated heterocycles. The Morgan fingerprint density at radius 3 is 2.34 bits per heavy atom. The lowest BCUT2D eigenvalue weighted by molar-refractivity contribution is -0.184. The molecule has 0 spiro atoms. The Balaban J connectivity index is 2.47. The van der Waals surface area contributed by atoms with Crippen molar-refractivity contribution >= 4 is 5.78 Å². The van der Waals surface area contributed by atoms with Gasteiger partial charge in [-0.15, -0.1) is 0 Å². The van der Waals surface area contributed by atoms with E-state index in [4.69, 9.17) is 0 Å². The molecule has 0 aliphatic heterocycles. The molecule has 4 nitrogen and oxygen atoms in total. The number of aliphatic hydroxyl groups is 3. The second kappa shape index (κ2) is 8.96. The van der Waals surface area contributed by atoms with E-state index in [1.54, 1.807) is 0 Å². The average molecular weight is 411 g/mol. The number of fused-ring (bicyclic) bond motifs is 1. The number of aliphatic hydroxyl groups excluding tert-OH is 2. The van der Waals surface area contributed by atoms with Crippen LogP contribution in [0.25, 0.3) is 0 Å². The van der Waals surface area contributed by atoms with Crippen LogP contribution in [0.4, 0.5) is 0 Å². The summed E-state index contributed by atoms with van der Waals surface area (Å²) in [6.07, 6.45) is 5.37. The van der Waals surface area contributed by atoms with Crippen LogP contribution in [0.3, 0.4) is 0 Å². The standard InChI is InChI=1S/C25H46O4/c1-8-17(5)23(6,12-10-16(3)4)22-18(9-2)19-11-13-25(29,21(28)15-26)24(19,7)14-20(22)27/h16-20,22,26-27,29H,8-15H2,1-7H3. The lowest BCUT2D eigenvalue weighted by Crippen LogP contribution is -2.61. The number of carbonyl (C=O) groups is 1. The first-order valence-corrected chi connectivity index (χ1v) is 12.0. The summed E-state index contributed by atoms with van der Waals surface area (Å²) in [6, 6.07) is 0. The van der Waals surface area contributed by atoms with Crippen LogP contribution in [-0.2, 0) is 4.79 Å². The lowest BCUT2D eigenvalue weighted by Gasteiger charge is -2.58. The van der Waals surface area contributed by atoms with Crippen molar-refractivity contribution in [2.45, 2.75) is 105 Å². The van der Waals surface area contributed by atoms with Gasteiger partial charge in [0.1, 0.15) is 12.2 Å². The Bertz CT molecular complexity index is 575. The quantitative estimate of drug-likeness (QED) is 0.519. The van der Waals surface area contributed by atoms with Crippen molar-refractivity contribution in [3.8, 4) is 0 Å². The minimum absolute atomic E-state index is 0.0299. The van der Waals surface area contributed by atoms with Gasteiger partial charge < -0.3 is 15.3 Å². The number of carbonyl (C=O) groups excluding carboxylic acids is 1. The summed E-state index contributed by atoms with van der Waals surface area (Å²) in [5.41, 5.74) is -2.16. The monoisotopic (exact) mass is 410 g/mol. The average Bonchev–Trinajstić information content (AvgIpc) is 2.95. The van der Waals surface area contributed by atoms with E-state index in [-0.39, 0.29) is 23.2 Å². The van der Waals surface area contributed by atoms with Gasteiger partial charge in [0.2, 0.25) is 0 Å². The maximum absolute atomic E-state index is 12.5. The third-order valence-corrected chi connectivity index (χ3v) is 9.44. The molecule has 2 aliphatic carbocycles. The number of hydrogen-bond donors (Lipinski definition) is 3. The smallest absolute Gasteiger partial charge is 0.190 e. The summed E-state index contributed by atoms with van der Waals surface area (Å²) in [5, 5.41) is 32.4. The van der Waals surface area contributed by atoms with Gasteiger partial charge >= 0.3 is 0 Å². The summed E-state index contributed by atoms with van der Waals surface area (Å²) in [5.74, 6) is 1.29. The largest absolute Gasteiger partial charge is 0.393 e. The minimum Gasteiger partial charge on any atom is -0.393 e. The van der Waals surface area contributed by atoms with Crippen molar-refractivity contribution in [1.82, 2.24) is 0 Å². The van der Waals surface area contributed by atoms with E-state index in [0.29, 0.717) is 24.7 Å². The Labute approximate surface area is 178 Å². The minimum atomic E-state index is -1.52. The fraction of sp³-hybridized carbons (Fsp3) is 0.960.